The van der Waals surface area contributed by atoms with Crippen LogP contribution in [0.4, 0.5) is 0 Å². The lowest BCUT2D eigenvalue weighted by molar-refractivity contribution is -0.142. The summed E-state index contributed by atoms with van der Waals surface area (Å²) in [5.41, 5.74) is 0. The van der Waals surface area contributed by atoms with E-state index in [9.17, 15) is 4.79 Å². The third-order valence-corrected chi connectivity index (χ3v) is 3.90. The standard InChI is InChI=1S/C10H12ClNO2S/c11-7-4-8(15-6-7)5-12-3-1-2-9(12)10(13)14/h4,6,9H,1-3,5H2,(H,13,14). The average molecular weight is 246 g/mol. The first-order chi connectivity index (χ1) is 7.16. The van der Waals surface area contributed by atoms with Gasteiger partial charge in [-0.3, -0.25) is 9.69 Å². The van der Waals surface area contributed by atoms with Crippen LogP contribution in [-0.4, -0.2) is 28.6 Å². The predicted octanol–water partition coefficient (Wildman–Crippen LogP) is 2.45. The molecule has 1 N–H and O–H groups in total. The molecule has 0 bridgehead atoms. The van der Waals surface area contributed by atoms with Gasteiger partial charge in [0.25, 0.3) is 0 Å². The fourth-order valence-electron chi connectivity index (χ4n) is 1.93. The fraction of sp³-hybridized carbons (Fsp3) is 0.500. The fourth-order valence-corrected chi connectivity index (χ4v) is 3.03. The van der Waals surface area contributed by atoms with Crippen LogP contribution in [0.25, 0.3) is 0 Å². The normalized spacial score (nSPS) is 22.1. The summed E-state index contributed by atoms with van der Waals surface area (Å²) < 4.78 is 0. The van der Waals surface area contributed by atoms with Gasteiger partial charge in [0.15, 0.2) is 0 Å². The summed E-state index contributed by atoms with van der Waals surface area (Å²) in [7, 11) is 0. The van der Waals surface area contributed by atoms with Gasteiger partial charge in [-0.1, -0.05) is 11.6 Å². The molecule has 2 heterocycles. The van der Waals surface area contributed by atoms with E-state index in [1.807, 2.05) is 16.3 Å². The van der Waals surface area contributed by atoms with E-state index in [1.165, 1.54) is 0 Å². The van der Waals surface area contributed by atoms with Crippen LogP contribution in [0.5, 0.6) is 0 Å². The molecule has 1 fully saturated rings. The van der Waals surface area contributed by atoms with E-state index < -0.39 is 5.97 Å². The van der Waals surface area contributed by atoms with E-state index in [-0.39, 0.29) is 6.04 Å². The van der Waals surface area contributed by atoms with Crippen molar-refractivity contribution in [2.75, 3.05) is 6.54 Å². The Morgan fingerprint density at radius 3 is 3.13 bits per heavy atom. The van der Waals surface area contributed by atoms with Crippen LogP contribution < -0.4 is 0 Å². The Morgan fingerprint density at radius 1 is 1.73 bits per heavy atom. The molecule has 1 unspecified atom stereocenters. The summed E-state index contributed by atoms with van der Waals surface area (Å²) in [4.78, 5) is 14.1. The molecule has 0 radical (unpaired) electrons. The van der Waals surface area contributed by atoms with Gasteiger partial charge in [-0.05, 0) is 25.5 Å². The highest BCUT2D eigenvalue weighted by molar-refractivity contribution is 7.10. The highest BCUT2D eigenvalue weighted by Crippen LogP contribution is 2.25. The molecule has 0 aliphatic carbocycles. The van der Waals surface area contributed by atoms with Gasteiger partial charge in [-0.2, -0.15) is 0 Å². The molecule has 15 heavy (non-hydrogen) atoms. The predicted molar refractivity (Wildman–Crippen MR) is 60.4 cm³/mol. The zero-order valence-electron chi connectivity index (χ0n) is 8.15. The Kier molecular flexibility index (Phi) is 3.29. The Bertz CT molecular complexity index is 366. The number of hydrogen-bond donors (Lipinski definition) is 1. The molecule has 0 spiro atoms. The van der Waals surface area contributed by atoms with Gasteiger partial charge >= 0.3 is 5.97 Å². The van der Waals surface area contributed by atoms with Crippen molar-refractivity contribution in [3.63, 3.8) is 0 Å². The van der Waals surface area contributed by atoms with Gasteiger partial charge in [0.1, 0.15) is 6.04 Å². The molecule has 1 saturated heterocycles. The summed E-state index contributed by atoms with van der Waals surface area (Å²) in [6.07, 6.45) is 1.73. The highest BCUT2D eigenvalue weighted by Gasteiger charge is 2.30. The van der Waals surface area contributed by atoms with Gasteiger partial charge in [-0.25, -0.2) is 0 Å². The number of nitrogens with zero attached hydrogens (tertiary/aromatic N) is 1. The molecule has 0 aromatic carbocycles. The number of likely N-dealkylation sites (tertiary alicyclic amines) is 1. The molecule has 1 aliphatic heterocycles. The second kappa shape index (κ2) is 4.51. The number of aliphatic carboxylic acids is 1. The van der Waals surface area contributed by atoms with Crippen LogP contribution in [0.15, 0.2) is 11.4 Å². The van der Waals surface area contributed by atoms with Crippen molar-refractivity contribution in [1.29, 1.82) is 0 Å². The van der Waals surface area contributed by atoms with Crippen LogP contribution in [0.2, 0.25) is 5.02 Å². The van der Waals surface area contributed by atoms with Crippen LogP contribution in [-0.2, 0) is 11.3 Å². The first-order valence-electron chi connectivity index (χ1n) is 4.86. The number of halogens is 1. The molecule has 3 nitrogen and oxygen atoms in total. The molecule has 1 aromatic heterocycles. The smallest absolute Gasteiger partial charge is 0.320 e. The van der Waals surface area contributed by atoms with Crippen molar-refractivity contribution in [3.05, 3.63) is 21.3 Å². The van der Waals surface area contributed by atoms with Crippen molar-refractivity contribution < 1.29 is 9.90 Å². The Labute approximate surface area is 97.3 Å². The van der Waals surface area contributed by atoms with Crippen LogP contribution in [0.1, 0.15) is 17.7 Å². The molecule has 1 aliphatic rings. The SMILES string of the molecule is O=C(O)C1CCCN1Cc1cc(Cl)cs1. The molecule has 1 atom stereocenters. The number of thiophene rings is 1. The molecule has 0 amide bonds. The molecule has 0 saturated carbocycles. The van der Waals surface area contributed by atoms with Crippen molar-refractivity contribution in [2.45, 2.75) is 25.4 Å². The molecular formula is C10H12ClNO2S. The van der Waals surface area contributed by atoms with Crippen LogP contribution in [0, 0.1) is 0 Å². The second-order valence-corrected chi connectivity index (χ2v) is 5.13. The summed E-state index contributed by atoms with van der Waals surface area (Å²) in [6.45, 7) is 1.57. The van der Waals surface area contributed by atoms with E-state index in [4.69, 9.17) is 16.7 Å². The monoisotopic (exact) mass is 245 g/mol. The van der Waals surface area contributed by atoms with E-state index in [1.54, 1.807) is 11.3 Å². The van der Waals surface area contributed by atoms with Crippen molar-refractivity contribution in [1.82, 2.24) is 4.90 Å². The minimum Gasteiger partial charge on any atom is -0.480 e. The van der Waals surface area contributed by atoms with E-state index in [0.29, 0.717) is 6.54 Å². The summed E-state index contributed by atoms with van der Waals surface area (Å²) in [6, 6.07) is 1.59. The molecule has 5 heteroatoms. The minimum atomic E-state index is -0.713. The zero-order chi connectivity index (χ0) is 10.8. The first-order valence-corrected chi connectivity index (χ1v) is 6.12. The molecule has 2 rings (SSSR count). The van der Waals surface area contributed by atoms with Crippen LogP contribution >= 0.6 is 22.9 Å². The Balaban J connectivity index is 2.02. The van der Waals surface area contributed by atoms with Gasteiger partial charge in [0.05, 0.1) is 5.02 Å². The maximum absolute atomic E-state index is 10.9. The van der Waals surface area contributed by atoms with Crippen LogP contribution in [0.3, 0.4) is 0 Å². The van der Waals surface area contributed by atoms with E-state index in [0.717, 1.165) is 29.3 Å². The highest BCUT2D eigenvalue weighted by atomic mass is 35.5. The first kappa shape index (κ1) is 10.9. The summed E-state index contributed by atoms with van der Waals surface area (Å²) >= 11 is 7.40. The largest absolute Gasteiger partial charge is 0.480 e. The van der Waals surface area contributed by atoms with E-state index >= 15 is 0 Å². The van der Waals surface area contributed by atoms with Crippen molar-refractivity contribution >= 4 is 28.9 Å². The van der Waals surface area contributed by atoms with E-state index in [2.05, 4.69) is 0 Å². The van der Waals surface area contributed by atoms with Crippen molar-refractivity contribution in [3.8, 4) is 0 Å². The maximum Gasteiger partial charge on any atom is 0.320 e. The Hall–Kier alpha value is -0.580. The topological polar surface area (TPSA) is 40.5 Å². The zero-order valence-corrected chi connectivity index (χ0v) is 9.72. The molecule has 82 valence electrons. The lowest BCUT2D eigenvalue weighted by Gasteiger charge is -2.19. The lowest BCUT2D eigenvalue weighted by atomic mass is 10.2. The number of carboxylic acids is 1. The summed E-state index contributed by atoms with van der Waals surface area (Å²) in [5, 5.41) is 11.6. The summed E-state index contributed by atoms with van der Waals surface area (Å²) in [5.74, 6) is -0.713. The lowest BCUT2D eigenvalue weighted by Crippen LogP contribution is -2.35. The van der Waals surface area contributed by atoms with Crippen molar-refractivity contribution in [2.24, 2.45) is 0 Å². The molecule has 1 aromatic rings. The quantitative estimate of drug-likeness (QED) is 0.889. The average Bonchev–Trinajstić information content (AvgIpc) is 2.75. The van der Waals surface area contributed by atoms with Gasteiger partial charge < -0.3 is 5.11 Å². The van der Waals surface area contributed by atoms with Gasteiger partial charge in [0, 0.05) is 16.8 Å². The second-order valence-electron chi connectivity index (χ2n) is 3.70. The maximum atomic E-state index is 10.9. The number of carboxylic acid groups (broad SMARTS) is 1. The number of carbonyl (C=O) groups is 1. The van der Waals surface area contributed by atoms with Gasteiger partial charge in [0.2, 0.25) is 0 Å². The third-order valence-electron chi connectivity index (χ3n) is 2.63. The molecular weight excluding hydrogens is 234 g/mol. The minimum absolute atomic E-state index is 0.314. The third kappa shape index (κ3) is 2.51. The Morgan fingerprint density at radius 2 is 2.53 bits per heavy atom. The number of rotatable bonds is 3. The number of hydrogen-bond acceptors (Lipinski definition) is 3. The van der Waals surface area contributed by atoms with Gasteiger partial charge in [-0.15, -0.1) is 11.3 Å².